The highest BCUT2D eigenvalue weighted by Crippen LogP contribution is 2.36. The van der Waals surface area contributed by atoms with Gasteiger partial charge in [0.25, 0.3) is 0 Å². The molecule has 2 aromatic carbocycles. The van der Waals surface area contributed by atoms with Gasteiger partial charge in [-0.25, -0.2) is 0 Å². The quantitative estimate of drug-likeness (QED) is 0.715. The van der Waals surface area contributed by atoms with Crippen molar-refractivity contribution in [3.05, 3.63) is 70.9 Å². The Labute approximate surface area is 155 Å². The van der Waals surface area contributed by atoms with Gasteiger partial charge in [0, 0.05) is 36.3 Å². The van der Waals surface area contributed by atoms with Gasteiger partial charge in [0.05, 0.1) is 0 Å². The zero-order valence-corrected chi connectivity index (χ0v) is 15.7. The van der Waals surface area contributed by atoms with Crippen molar-refractivity contribution in [3.8, 4) is 0 Å². The highest BCUT2D eigenvalue weighted by molar-refractivity contribution is 5.86. The number of H-pyrrole nitrogens is 1. The fraction of sp³-hybridized carbons (Fsp3) is 0.391. The van der Waals surface area contributed by atoms with E-state index >= 15 is 0 Å². The molecule has 0 aliphatic carbocycles. The third-order valence-corrected chi connectivity index (χ3v) is 6.00. The predicted octanol–water partition coefficient (Wildman–Crippen LogP) is 4.73. The number of aromatic amines is 1. The first kappa shape index (κ1) is 17.3. The Morgan fingerprint density at radius 2 is 1.92 bits per heavy atom. The molecule has 1 fully saturated rings. The number of nitrogens with zero attached hydrogens (tertiary/aromatic N) is 1. The molecular formula is C23H28N2O. The van der Waals surface area contributed by atoms with Crippen LogP contribution in [-0.4, -0.2) is 28.1 Å². The maximum Gasteiger partial charge on any atom is 0.0487 e. The molecule has 0 unspecified atom stereocenters. The van der Waals surface area contributed by atoms with E-state index in [4.69, 9.17) is 0 Å². The monoisotopic (exact) mass is 348 g/mol. The number of aromatic nitrogens is 1. The van der Waals surface area contributed by atoms with Gasteiger partial charge in [-0.05, 0) is 67.5 Å². The second kappa shape index (κ2) is 7.26. The third-order valence-electron chi connectivity index (χ3n) is 6.00. The van der Waals surface area contributed by atoms with Gasteiger partial charge >= 0.3 is 0 Å². The van der Waals surface area contributed by atoms with Crippen LogP contribution in [0.2, 0.25) is 0 Å². The molecular weight excluding hydrogens is 320 g/mol. The molecule has 2 N–H and O–H groups in total. The summed E-state index contributed by atoms with van der Waals surface area (Å²) in [6, 6.07) is 15.7. The summed E-state index contributed by atoms with van der Waals surface area (Å²) in [7, 11) is 0. The van der Waals surface area contributed by atoms with Crippen molar-refractivity contribution in [2.75, 3.05) is 13.2 Å². The van der Waals surface area contributed by atoms with Crippen molar-refractivity contribution >= 4 is 10.9 Å². The minimum absolute atomic E-state index is 0.294. The Balaban J connectivity index is 1.69. The van der Waals surface area contributed by atoms with Crippen LogP contribution in [0, 0.1) is 19.8 Å². The van der Waals surface area contributed by atoms with Crippen molar-refractivity contribution in [1.82, 2.24) is 9.88 Å². The molecule has 136 valence electrons. The topological polar surface area (TPSA) is 39.3 Å². The van der Waals surface area contributed by atoms with Gasteiger partial charge < -0.3 is 10.1 Å². The Bertz CT molecular complexity index is 884. The van der Waals surface area contributed by atoms with Crippen molar-refractivity contribution in [1.29, 1.82) is 0 Å². The summed E-state index contributed by atoms with van der Waals surface area (Å²) in [5, 5.41) is 11.0. The molecule has 0 saturated carbocycles. The molecule has 3 heteroatoms. The average Bonchev–Trinajstić information content (AvgIpc) is 3.16. The van der Waals surface area contributed by atoms with Crippen LogP contribution in [0.1, 0.15) is 41.1 Å². The molecule has 0 spiro atoms. The molecule has 1 saturated heterocycles. The fourth-order valence-electron chi connectivity index (χ4n) is 4.52. The molecule has 0 amide bonds. The number of aryl methyl sites for hydroxylation is 2. The smallest absolute Gasteiger partial charge is 0.0487 e. The maximum absolute atomic E-state index is 9.70. The first-order valence-electron chi connectivity index (χ1n) is 9.63. The van der Waals surface area contributed by atoms with E-state index in [9.17, 15) is 5.11 Å². The summed E-state index contributed by atoms with van der Waals surface area (Å²) in [6.45, 7) is 6.69. The molecule has 3 nitrogen and oxygen atoms in total. The van der Waals surface area contributed by atoms with Crippen molar-refractivity contribution in [2.24, 2.45) is 5.92 Å². The maximum atomic E-state index is 9.70. The number of fused-ring (bicyclic) bond motifs is 1. The van der Waals surface area contributed by atoms with Crippen LogP contribution in [0.15, 0.2) is 48.7 Å². The van der Waals surface area contributed by atoms with E-state index in [0.717, 1.165) is 25.9 Å². The highest BCUT2D eigenvalue weighted by atomic mass is 16.3. The number of hydrogen-bond acceptors (Lipinski definition) is 2. The number of nitrogens with one attached hydrogen (secondary N) is 1. The van der Waals surface area contributed by atoms with Gasteiger partial charge in [-0.3, -0.25) is 4.90 Å². The molecule has 3 aromatic rings. The minimum atomic E-state index is 0.294. The Morgan fingerprint density at radius 3 is 2.69 bits per heavy atom. The summed E-state index contributed by atoms with van der Waals surface area (Å²) in [4.78, 5) is 6.00. The van der Waals surface area contributed by atoms with Crippen LogP contribution < -0.4 is 0 Å². The summed E-state index contributed by atoms with van der Waals surface area (Å²) >= 11 is 0. The second-order valence-electron chi connectivity index (χ2n) is 7.73. The predicted molar refractivity (Wildman–Crippen MR) is 107 cm³/mol. The summed E-state index contributed by atoms with van der Waals surface area (Å²) in [5.74, 6) is 0.405. The summed E-state index contributed by atoms with van der Waals surface area (Å²) in [5.41, 5.74) is 6.72. The van der Waals surface area contributed by atoms with E-state index in [-0.39, 0.29) is 0 Å². The van der Waals surface area contributed by atoms with Crippen LogP contribution in [0.5, 0.6) is 0 Å². The lowest BCUT2D eigenvalue weighted by Gasteiger charge is -2.40. The van der Waals surface area contributed by atoms with Gasteiger partial charge in [-0.15, -0.1) is 0 Å². The van der Waals surface area contributed by atoms with E-state index in [1.165, 1.54) is 33.2 Å². The molecule has 1 aliphatic rings. The first-order chi connectivity index (χ1) is 12.7. The molecule has 4 rings (SSSR count). The highest BCUT2D eigenvalue weighted by Gasteiger charge is 2.30. The van der Waals surface area contributed by atoms with Crippen LogP contribution in [-0.2, 0) is 6.54 Å². The Kier molecular flexibility index (Phi) is 4.84. The second-order valence-corrected chi connectivity index (χ2v) is 7.73. The number of piperidine rings is 1. The van der Waals surface area contributed by atoms with E-state index in [1.807, 2.05) is 6.20 Å². The average molecular weight is 348 g/mol. The van der Waals surface area contributed by atoms with Crippen molar-refractivity contribution in [3.63, 3.8) is 0 Å². The van der Waals surface area contributed by atoms with E-state index in [0.29, 0.717) is 18.6 Å². The standard InChI is InChI=1S/C23H28N2O/c1-16-12-17(2)23-20(8-10-24-23)21(16)14-25-11-9-18(15-26)13-22(25)19-6-4-3-5-7-19/h3-8,10,12,18,22,24,26H,9,11,13-15H2,1-2H3/t18-,22+/m1/s1. The number of rotatable bonds is 4. The van der Waals surface area contributed by atoms with Gasteiger partial charge in [0.2, 0.25) is 0 Å². The van der Waals surface area contributed by atoms with Gasteiger partial charge in [0.1, 0.15) is 0 Å². The lowest BCUT2D eigenvalue weighted by Crippen LogP contribution is -2.37. The van der Waals surface area contributed by atoms with Gasteiger partial charge in [0.15, 0.2) is 0 Å². The zero-order valence-electron chi connectivity index (χ0n) is 15.7. The largest absolute Gasteiger partial charge is 0.396 e. The fourth-order valence-corrected chi connectivity index (χ4v) is 4.52. The molecule has 2 heterocycles. The number of hydrogen-bond donors (Lipinski definition) is 2. The van der Waals surface area contributed by atoms with E-state index in [2.05, 4.69) is 66.2 Å². The number of benzene rings is 2. The number of aliphatic hydroxyl groups excluding tert-OH is 1. The van der Waals surface area contributed by atoms with Crippen LogP contribution in [0.25, 0.3) is 10.9 Å². The first-order valence-corrected chi connectivity index (χ1v) is 9.63. The lowest BCUT2D eigenvalue weighted by atomic mass is 9.87. The van der Waals surface area contributed by atoms with Gasteiger partial charge in [-0.1, -0.05) is 36.4 Å². The van der Waals surface area contributed by atoms with Crippen LogP contribution in [0.4, 0.5) is 0 Å². The Hall–Kier alpha value is -2.10. The summed E-state index contributed by atoms with van der Waals surface area (Å²) in [6.07, 6.45) is 4.15. The number of aliphatic hydroxyl groups is 1. The Morgan fingerprint density at radius 1 is 1.12 bits per heavy atom. The zero-order chi connectivity index (χ0) is 18.1. The van der Waals surface area contributed by atoms with Crippen molar-refractivity contribution in [2.45, 2.75) is 39.3 Å². The van der Waals surface area contributed by atoms with E-state index < -0.39 is 0 Å². The molecule has 0 bridgehead atoms. The normalized spacial score (nSPS) is 21.3. The SMILES string of the molecule is Cc1cc(C)c2[nH]ccc2c1CN1CC[C@@H](CO)C[C@H]1c1ccccc1. The van der Waals surface area contributed by atoms with Gasteiger partial charge in [-0.2, -0.15) is 0 Å². The molecule has 1 aliphatic heterocycles. The molecule has 2 atom stereocenters. The summed E-state index contributed by atoms with van der Waals surface area (Å²) < 4.78 is 0. The van der Waals surface area contributed by atoms with E-state index in [1.54, 1.807) is 0 Å². The van der Waals surface area contributed by atoms with Crippen LogP contribution >= 0.6 is 0 Å². The van der Waals surface area contributed by atoms with Crippen molar-refractivity contribution < 1.29 is 5.11 Å². The lowest BCUT2D eigenvalue weighted by molar-refractivity contribution is 0.0750. The number of likely N-dealkylation sites (tertiary alicyclic amines) is 1. The minimum Gasteiger partial charge on any atom is -0.396 e. The molecule has 0 radical (unpaired) electrons. The van der Waals surface area contributed by atoms with Crippen LogP contribution in [0.3, 0.4) is 0 Å². The molecule has 26 heavy (non-hydrogen) atoms. The molecule has 1 aromatic heterocycles. The third kappa shape index (κ3) is 3.17.